The van der Waals surface area contributed by atoms with Crippen LogP contribution in [0.5, 0.6) is 0 Å². The lowest BCUT2D eigenvalue weighted by atomic mass is 10.4. The SMILES string of the molecule is C1CO1.CC(COC(=O)OC(C)COCCO)OCCO.CC(O)CO.CC(O)COC(=O)OC(C)CO.CC1CO1.[Cl-].[NH3+]C(P)(P)I. The summed E-state index contributed by atoms with van der Waals surface area (Å²) in [6, 6.07) is 0. The van der Waals surface area contributed by atoms with Crippen LogP contribution in [0.2, 0.25) is 0 Å². The van der Waals surface area contributed by atoms with Gasteiger partial charge in [0.15, 0.2) is 3.03 Å². The molecule has 2 rings (SSSR count). The lowest BCUT2D eigenvalue weighted by Crippen LogP contribution is -3.00. The van der Waals surface area contributed by atoms with Gasteiger partial charge in [-0.1, -0.05) is 18.5 Å². The number of epoxide rings is 2. The summed E-state index contributed by atoms with van der Waals surface area (Å²) in [6.07, 6.45) is -3.68. The third-order valence-electron chi connectivity index (χ3n) is 3.78. The van der Waals surface area contributed by atoms with Gasteiger partial charge >= 0.3 is 12.3 Å². The predicted molar refractivity (Wildman–Crippen MR) is 187 cm³/mol. The van der Waals surface area contributed by atoms with Gasteiger partial charge in [0.05, 0.1) is 90.5 Å². The third-order valence-corrected chi connectivity index (χ3v) is 3.78. The summed E-state index contributed by atoms with van der Waals surface area (Å²) in [5.41, 5.74) is 3.68. The Labute approximate surface area is 309 Å². The van der Waals surface area contributed by atoms with Gasteiger partial charge in [-0.2, -0.15) is 0 Å². The number of alkyl halides is 1. The Bertz CT molecular complexity index is 688. The standard InChI is InChI=1S/C11H22O7.C7H14O5.C3H8O2.C3H6O.C2H4O.CH6INP2.ClH/c1-9(16-6-4-13)8-17-11(14)18-10(2)7-15-5-3-12;1-5(9)4-11-7(10)12-6(2)3-8;1-3(5)2-4;1-3-2-4-3;1-2-3-1;2-1(3,4)5;/h9-10,12-13H,3-8H2,1-2H3;5-6,8-9H,3-4H2,1-2H3;3-5H,2H2,1H3;3H,2H2,1H3;1-2H2;3-5H2;1H. The maximum atomic E-state index is 11.2. The molecule has 294 valence electrons. The predicted octanol–water partition coefficient (Wildman–Crippen LogP) is -3.35. The number of rotatable bonds is 15. The molecule has 0 bridgehead atoms. The van der Waals surface area contributed by atoms with Crippen molar-refractivity contribution in [1.82, 2.24) is 0 Å². The van der Waals surface area contributed by atoms with Crippen molar-refractivity contribution in [2.75, 3.05) is 79.3 Å². The topological polar surface area (TPSA) is 264 Å². The Balaban J connectivity index is -0.000000174. The molecule has 9 N–H and O–H groups in total. The zero-order valence-corrected chi connectivity index (χ0v) is 34.1. The molecule has 0 aromatic carbocycles. The summed E-state index contributed by atoms with van der Waals surface area (Å²) in [4.78, 5) is 21.9. The molecule has 0 amide bonds. The normalized spacial score (nSPS) is 16.6. The summed E-state index contributed by atoms with van der Waals surface area (Å²) < 4.78 is 38.0. The van der Waals surface area contributed by atoms with Gasteiger partial charge in [-0.05, 0) is 64.1 Å². The van der Waals surface area contributed by atoms with Gasteiger partial charge in [0.1, 0.15) is 25.4 Å². The molecule has 48 heavy (non-hydrogen) atoms. The first-order valence-corrected chi connectivity index (χ1v) is 17.0. The van der Waals surface area contributed by atoms with E-state index in [1.165, 1.54) is 20.8 Å². The number of quaternary nitrogens is 1. The molecule has 8 unspecified atom stereocenters. The van der Waals surface area contributed by atoms with E-state index in [2.05, 4.69) is 67.9 Å². The van der Waals surface area contributed by atoms with Crippen molar-refractivity contribution in [3.63, 3.8) is 0 Å². The van der Waals surface area contributed by atoms with Gasteiger partial charge in [0.2, 0.25) is 0 Å². The van der Waals surface area contributed by atoms with Crippen molar-refractivity contribution >= 4 is 53.4 Å². The zero-order valence-electron chi connectivity index (χ0n) is 28.8. The molecular formula is C27H61ClINO16P2. The van der Waals surface area contributed by atoms with Crippen LogP contribution in [-0.2, 0) is 37.9 Å². The van der Waals surface area contributed by atoms with Crippen LogP contribution in [-0.4, -0.2) is 162 Å². The lowest BCUT2D eigenvalue weighted by Gasteiger charge is -2.15. The summed E-state index contributed by atoms with van der Waals surface area (Å²) in [7, 11) is 5.11. The molecule has 0 spiro atoms. The fourth-order valence-corrected chi connectivity index (χ4v) is 1.55. The third kappa shape index (κ3) is 76.0. The average molecular weight is 880 g/mol. The second-order valence-electron chi connectivity index (χ2n) is 9.93. The van der Waals surface area contributed by atoms with Gasteiger partial charge in [0.25, 0.3) is 0 Å². The van der Waals surface area contributed by atoms with Crippen LogP contribution >= 0.6 is 41.1 Å². The first-order valence-electron chi connectivity index (χ1n) is 14.8. The van der Waals surface area contributed by atoms with Crippen molar-refractivity contribution in [2.24, 2.45) is 0 Å². The fraction of sp³-hybridized carbons (Fsp3) is 0.926. The first kappa shape index (κ1) is 57.3. The summed E-state index contributed by atoms with van der Waals surface area (Å²) in [5, 5.41) is 50.2. The molecule has 17 nitrogen and oxygen atoms in total. The van der Waals surface area contributed by atoms with Crippen LogP contribution in [0.3, 0.4) is 0 Å². The maximum absolute atomic E-state index is 11.2. The molecule has 21 heteroatoms. The van der Waals surface area contributed by atoms with Gasteiger partial charge in [-0.3, -0.25) is 0 Å². The highest BCUT2D eigenvalue weighted by molar-refractivity contribution is 14.1. The van der Waals surface area contributed by atoms with Crippen molar-refractivity contribution in [3.05, 3.63) is 0 Å². The van der Waals surface area contributed by atoms with Crippen LogP contribution in [0, 0.1) is 0 Å². The van der Waals surface area contributed by atoms with Crippen molar-refractivity contribution < 1.29 is 96.3 Å². The molecule has 2 aliphatic heterocycles. The zero-order chi connectivity index (χ0) is 37.3. The number of ether oxygens (including phenoxy) is 8. The van der Waals surface area contributed by atoms with Crippen LogP contribution in [0.25, 0.3) is 0 Å². The molecule has 2 heterocycles. The van der Waals surface area contributed by atoms with E-state index in [9.17, 15) is 9.59 Å². The molecule has 2 fully saturated rings. The summed E-state index contributed by atoms with van der Waals surface area (Å²) in [5.74, 6) is 0. The minimum absolute atomic E-state index is 0. The van der Waals surface area contributed by atoms with Gasteiger partial charge in [-0.15, -0.1) is 0 Å². The summed E-state index contributed by atoms with van der Waals surface area (Å²) >= 11 is 2.19. The molecule has 0 saturated carbocycles. The van der Waals surface area contributed by atoms with Crippen molar-refractivity contribution in [3.8, 4) is 0 Å². The number of aliphatic hydroxyl groups is 6. The minimum atomic E-state index is -0.877. The lowest BCUT2D eigenvalue weighted by molar-refractivity contribution is -0.363. The van der Waals surface area contributed by atoms with Gasteiger partial charge in [0, 0.05) is 0 Å². The number of carbonyl (C=O) groups excluding carboxylic acids is 2. The van der Waals surface area contributed by atoms with E-state index < -0.39 is 36.7 Å². The Morgan fingerprint density at radius 1 is 0.833 bits per heavy atom. The Kier molecular flexibility index (Phi) is 47.5. The Morgan fingerprint density at radius 3 is 1.54 bits per heavy atom. The largest absolute Gasteiger partial charge is 1.00 e. The van der Waals surface area contributed by atoms with Crippen LogP contribution < -0.4 is 18.1 Å². The molecule has 2 aliphatic rings. The van der Waals surface area contributed by atoms with E-state index >= 15 is 0 Å². The van der Waals surface area contributed by atoms with E-state index in [-0.39, 0.29) is 81.0 Å². The molecule has 0 aliphatic carbocycles. The molecule has 0 radical (unpaired) electrons. The molecule has 2 saturated heterocycles. The van der Waals surface area contributed by atoms with Gasteiger partial charge < -0.3 is 86.7 Å². The Morgan fingerprint density at radius 2 is 1.23 bits per heavy atom. The maximum Gasteiger partial charge on any atom is 0.508 e. The van der Waals surface area contributed by atoms with Gasteiger partial charge in [-0.25, -0.2) is 9.59 Å². The van der Waals surface area contributed by atoms with Crippen LogP contribution in [0.15, 0.2) is 0 Å². The van der Waals surface area contributed by atoms with E-state index in [1.807, 2.05) is 0 Å². The van der Waals surface area contributed by atoms with Crippen LogP contribution in [0.1, 0.15) is 41.5 Å². The number of hydrogen-bond donors (Lipinski definition) is 7. The smallest absolute Gasteiger partial charge is 0.508 e. The van der Waals surface area contributed by atoms with E-state index in [0.717, 1.165) is 19.8 Å². The fourth-order valence-electron chi connectivity index (χ4n) is 1.55. The number of hydrogen-bond acceptors (Lipinski definition) is 16. The second kappa shape index (κ2) is 39.8. The number of carbonyl (C=O) groups is 2. The van der Waals surface area contributed by atoms with Crippen LogP contribution in [0.4, 0.5) is 9.59 Å². The van der Waals surface area contributed by atoms with E-state index in [4.69, 9.17) is 54.3 Å². The summed E-state index contributed by atoms with van der Waals surface area (Å²) in [6.45, 7) is 13.0. The number of halogens is 2. The highest BCUT2D eigenvalue weighted by atomic mass is 127. The monoisotopic (exact) mass is 879 g/mol. The van der Waals surface area contributed by atoms with Crippen molar-refractivity contribution in [1.29, 1.82) is 0 Å². The van der Waals surface area contributed by atoms with E-state index in [0.29, 0.717) is 6.10 Å². The second-order valence-corrected chi connectivity index (χ2v) is 17.0. The number of aliphatic hydroxyl groups excluding tert-OH is 6. The van der Waals surface area contributed by atoms with Crippen molar-refractivity contribution in [2.45, 2.75) is 81.2 Å². The minimum Gasteiger partial charge on any atom is -1.00 e. The highest BCUT2D eigenvalue weighted by Gasteiger charge is 2.14. The van der Waals surface area contributed by atoms with E-state index in [1.54, 1.807) is 13.8 Å². The first-order chi connectivity index (χ1) is 21.8. The molecule has 8 atom stereocenters. The quantitative estimate of drug-likeness (QED) is 0.0161. The molecule has 0 aromatic heterocycles. The highest BCUT2D eigenvalue weighted by Crippen LogP contribution is 2.24. The molecular weight excluding hydrogens is 819 g/mol. The average Bonchev–Trinajstić information content (AvgIpc) is 3.90. The Hall–Kier alpha value is -0.0200. The molecule has 0 aromatic rings.